The van der Waals surface area contributed by atoms with E-state index < -0.39 is 242 Å². The van der Waals surface area contributed by atoms with Crippen molar-refractivity contribution in [3.05, 3.63) is 11.6 Å². The van der Waals surface area contributed by atoms with Crippen LogP contribution in [-0.4, -0.2) is 297 Å². The van der Waals surface area contributed by atoms with Gasteiger partial charge in [-0.3, -0.25) is 4.79 Å². The maximum absolute atomic E-state index is 16.0. The Bertz CT molecular complexity index is 2800. The fourth-order valence-electron chi connectivity index (χ4n) is 18.9. The van der Waals surface area contributed by atoms with Crippen LogP contribution in [0.4, 0.5) is 0 Å². The molecule has 4 saturated carbocycles. The number of allylic oxidation sites excluding steroid dienone is 2. The van der Waals surface area contributed by atoms with E-state index >= 15 is 4.79 Å². The Morgan fingerprint density at radius 3 is 1.75 bits per heavy atom. The van der Waals surface area contributed by atoms with E-state index in [0.717, 1.165) is 11.9 Å². The summed E-state index contributed by atoms with van der Waals surface area (Å²) >= 11 is 0. The van der Waals surface area contributed by atoms with E-state index in [1.807, 2.05) is 0 Å². The summed E-state index contributed by atoms with van der Waals surface area (Å²) in [6.07, 6.45) is -43.0. The minimum absolute atomic E-state index is 0.0673. The Labute approximate surface area is 555 Å². The van der Waals surface area contributed by atoms with Crippen molar-refractivity contribution in [2.75, 3.05) is 13.2 Å². The lowest BCUT2D eigenvalue weighted by atomic mass is 9.33. The van der Waals surface area contributed by atoms with Gasteiger partial charge >= 0.3 is 11.9 Å². The first-order valence-corrected chi connectivity index (χ1v) is 33.8. The maximum atomic E-state index is 16.0. The molecule has 0 radical (unpaired) electrons. The van der Waals surface area contributed by atoms with Crippen LogP contribution in [0.25, 0.3) is 0 Å². The minimum Gasteiger partial charge on any atom is -0.479 e. The summed E-state index contributed by atoms with van der Waals surface area (Å²) in [5, 5.41) is 174. The SMILES string of the molecule is C[C@@H]1O[C@@H](O[C@H]2[C@H](OC(=O)[C@]34CCC(C)(C)C[C@H]3C3=CC[C@@H]5[C@@]6(C)CC[C@H](O[C@@H]7O[C@H](C(=O)O)[C@@H](O)[C@H](O)[C@H]7O[C@@H]7O[C@H](CO)[C@H](O)[C@H](O)[C@H]7O)[C@@](C)(C=O)[C@@H]6CC[C@@]5(C)[C@]3(C)CC4)O[C@H](C)[C@H](O)[C@@H]2O[C@@H]2O[C@@H](C)[C@H](O)[C@@H](O)[C@H]2O)[C@H](O)[C@H](O)C1OC1OC[C@@H](O)C(O)[C@H]1O. The number of carbonyl (C=O) groups excluding carboxylic acids is 2. The van der Waals surface area contributed by atoms with Crippen LogP contribution in [0.15, 0.2) is 11.6 Å². The molecule has 0 aromatic heterocycles. The summed E-state index contributed by atoms with van der Waals surface area (Å²) in [6.45, 7) is 15.9. The molecule has 38 atom stereocenters. The van der Waals surface area contributed by atoms with Gasteiger partial charge in [0.2, 0.25) is 6.29 Å². The lowest BCUT2D eigenvalue weighted by Crippen LogP contribution is -2.68. The maximum Gasteiger partial charge on any atom is 0.335 e. The van der Waals surface area contributed by atoms with Crippen molar-refractivity contribution < 1.29 is 153 Å². The molecule has 3 unspecified atom stereocenters. The molecule has 16 N–H and O–H groups in total. The largest absolute Gasteiger partial charge is 0.479 e. The highest BCUT2D eigenvalue weighted by molar-refractivity contribution is 5.79. The molecule has 5 aliphatic carbocycles. The van der Waals surface area contributed by atoms with Gasteiger partial charge in [0.25, 0.3) is 0 Å². The number of rotatable bonds is 15. The van der Waals surface area contributed by atoms with Crippen molar-refractivity contribution in [2.45, 2.75) is 311 Å². The van der Waals surface area contributed by atoms with E-state index in [4.69, 9.17) is 56.8 Å². The number of hydrogen-bond acceptors (Lipinski definition) is 30. The lowest BCUT2D eigenvalue weighted by molar-refractivity contribution is -0.390. The van der Waals surface area contributed by atoms with E-state index in [9.17, 15) is 91.3 Å². The fraction of sp³-hybridized carbons (Fsp3) is 0.923. The number of aldehydes is 1. The average molecular weight is 1380 g/mol. The van der Waals surface area contributed by atoms with E-state index in [0.29, 0.717) is 57.8 Å². The molecule has 6 heterocycles. The van der Waals surface area contributed by atoms with Crippen LogP contribution in [-0.2, 0) is 71.2 Å². The van der Waals surface area contributed by atoms with Crippen LogP contribution in [0.5, 0.6) is 0 Å². The van der Waals surface area contributed by atoms with E-state index in [1.165, 1.54) is 20.8 Å². The Hall–Kier alpha value is -2.69. The van der Waals surface area contributed by atoms with Crippen LogP contribution < -0.4 is 0 Å². The van der Waals surface area contributed by atoms with Gasteiger partial charge in [0, 0.05) is 0 Å². The molecule has 11 rings (SSSR count). The first kappa shape index (κ1) is 74.5. The molecule has 0 aromatic rings. The Kier molecular flexibility index (Phi) is 21.3. The molecule has 0 spiro atoms. The second-order valence-corrected chi connectivity index (χ2v) is 31.1. The van der Waals surface area contributed by atoms with E-state index in [-0.39, 0.29) is 23.7 Å². The number of fused-ring (bicyclic) bond motifs is 7. The third-order valence-electron chi connectivity index (χ3n) is 25.1. The quantitative estimate of drug-likeness (QED) is 0.0329. The average Bonchev–Trinajstić information content (AvgIpc) is 0.676. The van der Waals surface area contributed by atoms with Gasteiger partial charge in [-0.2, -0.15) is 0 Å². The van der Waals surface area contributed by atoms with Crippen molar-refractivity contribution in [1.29, 1.82) is 0 Å². The molecule has 31 heteroatoms. The van der Waals surface area contributed by atoms with Crippen molar-refractivity contribution in [2.24, 2.45) is 50.2 Å². The first-order chi connectivity index (χ1) is 44.9. The van der Waals surface area contributed by atoms with Gasteiger partial charge < -0.3 is 143 Å². The summed E-state index contributed by atoms with van der Waals surface area (Å²) in [5.74, 6) is -3.17. The lowest BCUT2D eigenvalue weighted by Gasteiger charge is -2.71. The number of aliphatic carboxylic acids is 1. The van der Waals surface area contributed by atoms with Crippen molar-refractivity contribution in [1.82, 2.24) is 0 Å². The molecule has 0 aromatic carbocycles. The van der Waals surface area contributed by atoms with Crippen LogP contribution >= 0.6 is 0 Å². The van der Waals surface area contributed by atoms with Gasteiger partial charge in [-0.05, 0) is 124 Å². The summed E-state index contributed by atoms with van der Waals surface area (Å²) < 4.78 is 72.9. The Morgan fingerprint density at radius 2 is 1.09 bits per heavy atom. The Morgan fingerprint density at radius 1 is 0.531 bits per heavy atom. The molecule has 548 valence electrons. The number of esters is 1. The zero-order valence-corrected chi connectivity index (χ0v) is 55.5. The number of carboxylic acids is 1. The second-order valence-electron chi connectivity index (χ2n) is 31.1. The third kappa shape index (κ3) is 12.5. The number of hydrogen-bond donors (Lipinski definition) is 16. The summed E-state index contributed by atoms with van der Waals surface area (Å²) in [4.78, 5) is 42.4. The number of carbonyl (C=O) groups is 3. The van der Waals surface area contributed by atoms with Crippen molar-refractivity contribution in [3.8, 4) is 0 Å². The third-order valence-corrected chi connectivity index (χ3v) is 25.1. The summed E-state index contributed by atoms with van der Waals surface area (Å²) in [7, 11) is 0. The van der Waals surface area contributed by atoms with Crippen molar-refractivity contribution in [3.63, 3.8) is 0 Å². The Balaban J connectivity index is 0.865. The topological polar surface area (TPSA) is 486 Å². The van der Waals surface area contributed by atoms with Crippen molar-refractivity contribution >= 4 is 18.2 Å². The van der Waals surface area contributed by atoms with E-state index in [2.05, 4.69) is 40.7 Å². The zero-order chi connectivity index (χ0) is 70.2. The molecule has 96 heavy (non-hydrogen) atoms. The summed E-state index contributed by atoms with van der Waals surface area (Å²) in [5.41, 5.74) is -3.28. The van der Waals surface area contributed by atoms with Gasteiger partial charge in [0.15, 0.2) is 43.7 Å². The first-order valence-electron chi connectivity index (χ1n) is 33.8. The molecule has 10 fully saturated rings. The van der Waals surface area contributed by atoms with Crippen LogP contribution in [0, 0.1) is 50.2 Å². The van der Waals surface area contributed by atoms with E-state index in [1.54, 1.807) is 6.92 Å². The van der Waals surface area contributed by atoms with Crippen LogP contribution in [0.3, 0.4) is 0 Å². The predicted molar refractivity (Wildman–Crippen MR) is 319 cm³/mol. The smallest absolute Gasteiger partial charge is 0.335 e. The molecule has 0 bridgehead atoms. The number of ether oxygens (including phenoxy) is 12. The molecular weight excluding hydrogens is 1280 g/mol. The zero-order valence-electron chi connectivity index (χ0n) is 55.5. The number of aliphatic hydroxyl groups is 15. The second kappa shape index (κ2) is 27.5. The molecule has 6 saturated heterocycles. The minimum atomic E-state index is -2.10. The number of carboxylic acid groups (broad SMARTS) is 1. The summed E-state index contributed by atoms with van der Waals surface area (Å²) in [6, 6.07) is 0. The molecular formula is C65H102O31. The van der Waals surface area contributed by atoms with Gasteiger partial charge in [-0.25, -0.2) is 4.79 Å². The predicted octanol–water partition coefficient (Wildman–Crippen LogP) is -3.39. The normalized spacial score (nSPS) is 55.0. The highest BCUT2D eigenvalue weighted by Gasteiger charge is 2.71. The molecule has 31 nitrogen and oxygen atoms in total. The molecule has 11 aliphatic rings. The van der Waals surface area contributed by atoms with Gasteiger partial charge in [-0.15, -0.1) is 0 Å². The van der Waals surface area contributed by atoms with Gasteiger partial charge in [-0.1, -0.05) is 53.2 Å². The van der Waals surface area contributed by atoms with Crippen LogP contribution in [0.2, 0.25) is 0 Å². The molecule has 0 amide bonds. The highest BCUT2D eigenvalue weighted by atomic mass is 16.8. The standard InChI is InChI=1S/C65H102O31/c1-24-34(69)38(73)44(79)54(86-24)92-48-35(70)25(2)87-58(51(48)95-55-46(81)42(77)47(26(3)88-55)91-53-43(78)36(71)29(68)22-85-53)96-59(84)65-18-16-60(4,5)20-28(65)27-10-11-32-61(6)14-13-33(62(7,23-67)31(61)12-15-64(32,9)63(27,8)17-19-65)90-57-50(41(76)40(75)49(93-57)52(82)83)94-56-45(80)39(74)37(72)30(21-66)89-56/h10,23-26,28-51,53-58,66,68-81H,11-22H2,1-9H3,(H,82,83)/t24-,25+,26-,28-,29+,30+,31+,32+,33-,34-,35-,36?,37-,38+,39-,40-,41-,42-,43+,44+,45+,46+,47?,48-,49-,50+,51+,53?,54-,55-,56-,57+,58-,61-,62-,63+,64+,65-/m0/s1. The van der Waals surface area contributed by atoms with Gasteiger partial charge in [0.05, 0.1) is 48.5 Å². The van der Waals surface area contributed by atoms with Gasteiger partial charge in [0.1, 0.15) is 116 Å². The highest BCUT2D eigenvalue weighted by Crippen LogP contribution is 2.76. The van der Waals surface area contributed by atoms with Crippen LogP contribution in [0.1, 0.15) is 127 Å². The molecule has 6 aliphatic heterocycles. The fourth-order valence-corrected chi connectivity index (χ4v) is 18.9. The monoisotopic (exact) mass is 1380 g/mol. The number of aliphatic hydroxyl groups excluding tert-OH is 15.